The van der Waals surface area contributed by atoms with Gasteiger partial charge in [0, 0.05) is 59.3 Å². The average Bonchev–Trinajstić information content (AvgIpc) is 2.53. The molecule has 0 radical (unpaired) electrons. The molecule has 1 aliphatic rings. The van der Waals surface area contributed by atoms with Gasteiger partial charge in [0.15, 0.2) is 0 Å². The van der Waals surface area contributed by atoms with Gasteiger partial charge in [0.25, 0.3) is 0 Å². The Morgan fingerprint density at radius 2 is 1.68 bits per heavy atom. The zero-order chi connectivity index (χ0) is 18.7. The lowest BCUT2D eigenvalue weighted by atomic mass is 10.3. The molecule has 0 atom stereocenters. The molecule has 2 N–H and O–H groups in total. The lowest BCUT2D eigenvalue weighted by Crippen LogP contribution is -2.52. The van der Waals surface area contributed by atoms with Crippen LogP contribution in [0.5, 0.6) is 0 Å². The Bertz CT molecular complexity index is 413. The molecule has 25 heavy (non-hydrogen) atoms. The van der Waals surface area contributed by atoms with Crippen LogP contribution < -0.4 is 10.6 Å². The number of hydrogen-bond donors (Lipinski definition) is 2. The van der Waals surface area contributed by atoms with Gasteiger partial charge in [0.1, 0.15) is 6.61 Å². The molecule has 0 saturated carbocycles. The third-order valence-electron chi connectivity index (χ3n) is 3.69. The Hall–Kier alpha value is -1.55. The molecule has 10 heteroatoms. The highest BCUT2D eigenvalue weighted by atomic mass is 19.4. The molecule has 1 heterocycles. The van der Waals surface area contributed by atoms with E-state index in [9.17, 15) is 22.8 Å². The van der Waals surface area contributed by atoms with Crippen LogP contribution in [0.3, 0.4) is 0 Å². The first kappa shape index (κ1) is 21.5. The number of carbonyl (C=O) groups excluding carboxylic acids is 2. The molecule has 0 aromatic rings. The van der Waals surface area contributed by atoms with Gasteiger partial charge in [-0.3, -0.25) is 9.69 Å². The molecule has 3 amide bonds. The molecular weight excluding hydrogens is 341 g/mol. The van der Waals surface area contributed by atoms with Crippen molar-refractivity contribution in [2.75, 3.05) is 59.0 Å². The molecule has 1 aliphatic heterocycles. The van der Waals surface area contributed by atoms with Gasteiger partial charge in [-0.25, -0.2) is 4.79 Å². The molecular formula is C15H27F3N4O3. The highest BCUT2D eigenvalue weighted by Crippen LogP contribution is 2.14. The summed E-state index contributed by atoms with van der Waals surface area (Å²) in [6.07, 6.45) is -3.07. The second-order valence-electron chi connectivity index (χ2n) is 5.92. The summed E-state index contributed by atoms with van der Waals surface area (Å²) in [7, 11) is 0. The summed E-state index contributed by atoms with van der Waals surface area (Å²) >= 11 is 0. The van der Waals surface area contributed by atoms with Gasteiger partial charge < -0.3 is 20.3 Å². The fourth-order valence-electron chi connectivity index (χ4n) is 2.41. The van der Waals surface area contributed by atoms with E-state index in [-0.39, 0.29) is 18.5 Å². The van der Waals surface area contributed by atoms with Crippen LogP contribution in [0.1, 0.15) is 19.8 Å². The van der Waals surface area contributed by atoms with Crippen molar-refractivity contribution in [3.8, 4) is 0 Å². The number of nitrogens with one attached hydrogen (secondary N) is 2. The van der Waals surface area contributed by atoms with Gasteiger partial charge in [-0.1, -0.05) is 0 Å². The molecule has 0 aliphatic carbocycles. The van der Waals surface area contributed by atoms with Gasteiger partial charge in [0.2, 0.25) is 5.91 Å². The number of nitrogens with zero attached hydrogens (tertiary/aromatic N) is 2. The van der Waals surface area contributed by atoms with Crippen LogP contribution >= 0.6 is 0 Å². The van der Waals surface area contributed by atoms with Crippen LogP contribution in [-0.2, 0) is 9.53 Å². The number of halogens is 3. The van der Waals surface area contributed by atoms with Crippen LogP contribution in [-0.4, -0.2) is 86.9 Å². The Morgan fingerprint density at radius 1 is 1.04 bits per heavy atom. The summed E-state index contributed by atoms with van der Waals surface area (Å²) in [5.74, 6) is -0.0914. The van der Waals surface area contributed by atoms with Crippen molar-refractivity contribution < 1.29 is 27.5 Å². The van der Waals surface area contributed by atoms with Crippen molar-refractivity contribution in [3.63, 3.8) is 0 Å². The lowest BCUT2D eigenvalue weighted by Gasteiger charge is -2.34. The minimum atomic E-state index is -4.28. The zero-order valence-electron chi connectivity index (χ0n) is 14.5. The van der Waals surface area contributed by atoms with Crippen LogP contribution in [0, 0.1) is 0 Å². The Kier molecular flexibility index (Phi) is 9.58. The van der Waals surface area contributed by atoms with Crippen molar-refractivity contribution in [3.05, 3.63) is 0 Å². The maximum Gasteiger partial charge on any atom is 0.411 e. The van der Waals surface area contributed by atoms with Gasteiger partial charge in [-0.15, -0.1) is 0 Å². The first-order valence-electron chi connectivity index (χ1n) is 8.42. The first-order valence-corrected chi connectivity index (χ1v) is 8.42. The van der Waals surface area contributed by atoms with E-state index in [2.05, 4.69) is 20.3 Å². The average molecular weight is 368 g/mol. The van der Waals surface area contributed by atoms with E-state index in [1.165, 1.54) is 6.92 Å². The monoisotopic (exact) mass is 368 g/mol. The quantitative estimate of drug-likeness (QED) is 0.591. The number of rotatable bonds is 9. The molecule has 0 unspecified atom stereocenters. The molecule has 1 rings (SSSR count). The van der Waals surface area contributed by atoms with Crippen LogP contribution in [0.4, 0.5) is 18.0 Å². The fourth-order valence-corrected chi connectivity index (χ4v) is 2.41. The maximum absolute atomic E-state index is 12.0. The van der Waals surface area contributed by atoms with Crippen molar-refractivity contribution >= 4 is 11.9 Å². The highest BCUT2D eigenvalue weighted by molar-refractivity contribution is 5.74. The normalized spacial score (nSPS) is 15.9. The Balaban J connectivity index is 2.04. The number of urea groups is 1. The summed E-state index contributed by atoms with van der Waals surface area (Å²) in [6.45, 7) is 4.55. The van der Waals surface area contributed by atoms with Gasteiger partial charge in [-0.2, -0.15) is 13.2 Å². The number of alkyl halides is 3. The third kappa shape index (κ3) is 10.8. The van der Waals surface area contributed by atoms with E-state index >= 15 is 0 Å². The maximum atomic E-state index is 12.0. The van der Waals surface area contributed by atoms with Gasteiger partial charge in [-0.05, 0) is 12.8 Å². The minimum Gasteiger partial charge on any atom is -0.372 e. The van der Waals surface area contributed by atoms with Crippen LogP contribution in [0.15, 0.2) is 0 Å². The second-order valence-corrected chi connectivity index (χ2v) is 5.92. The lowest BCUT2D eigenvalue weighted by molar-refractivity contribution is -0.174. The van der Waals surface area contributed by atoms with Crippen molar-refractivity contribution in [1.82, 2.24) is 20.4 Å². The minimum absolute atomic E-state index is 0.0779. The molecule has 1 fully saturated rings. The largest absolute Gasteiger partial charge is 0.411 e. The molecule has 1 saturated heterocycles. The first-order chi connectivity index (χ1) is 11.8. The highest BCUT2D eigenvalue weighted by Gasteiger charge is 2.27. The molecule has 0 aromatic carbocycles. The number of piperazine rings is 1. The van der Waals surface area contributed by atoms with E-state index in [1.807, 2.05) is 0 Å². The van der Waals surface area contributed by atoms with E-state index in [0.717, 1.165) is 0 Å². The van der Waals surface area contributed by atoms with E-state index in [1.54, 1.807) is 4.90 Å². The Labute approximate surface area is 145 Å². The van der Waals surface area contributed by atoms with E-state index in [0.29, 0.717) is 58.7 Å². The summed E-state index contributed by atoms with van der Waals surface area (Å²) < 4.78 is 40.4. The van der Waals surface area contributed by atoms with Gasteiger partial charge >= 0.3 is 12.2 Å². The summed E-state index contributed by atoms with van der Waals surface area (Å²) in [6, 6.07) is -0.129. The smallest absolute Gasteiger partial charge is 0.372 e. The topological polar surface area (TPSA) is 73.9 Å². The molecule has 146 valence electrons. The molecule has 7 nitrogen and oxygen atoms in total. The second kappa shape index (κ2) is 11.1. The van der Waals surface area contributed by atoms with Crippen LogP contribution in [0.2, 0.25) is 0 Å². The SMILES string of the molecule is CC(=O)NCCCNC(=O)N1CCN(CCCOCC(F)(F)F)CC1. The molecule has 0 spiro atoms. The number of carbonyl (C=O) groups is 2. The summed E-state index contributed by atoms with van der Waals surface area (Å²) in [4.78, 5) is 26.5. The predicted molar refractivity (Wildman–Crippen MR) is 86.2 cm³/mol. The number of ether oxygens (including phenoxy) is 1. The number of hydrogen-bond acceptors (Lipinski definition) is 4. The van der Waals surface area contributed by atoms with Crippen molar-refractivity contribution in [1.29, 1.82) is 0 Å². The molecule has 0 aromatic heterocycles. The van der Waals surface area contributed by atoms with E-state index < -0.39 is 12.8 Å². The third-order valence-corrected chi connectivity index (χ3v) is 3.69. The predicted octanol–water partition coefficient (Wildman–Crippen LogP) is 0.809. The van der Waals surface area contributed by atoms with Crippen LogP contribution in [0.25, 0.3) is 0 Å². The fraction of sp³-hybridized carbons (Fsp3) is 0.867. The number of amides is 3. The summed E-state index contributed by atoms with van der Waals surface area (Å²) in [5, 5.41) is 5.46. The van der Waals surface area contributed by atoms with Gasteiger partial charge in [0.05, 0.1) is 0 Å². The zero-order valence-corrected chi connectivity index (χ0v) is 14.5. The summed E-state index contributed by atoms with van der Waals surface area (Å²) in [5.41, 5.74) is 0. The standard InChI is InChI=1S/C15H27F3N4O3/c1-13(23)19-4-2-5-20-14(24)22-9-7-21(8-10-22)6-3-11-25-12-15(16,17)18/h2-12H2,1H3,(H,19,23)(H,20,24). The van der Waals surface area contributed by atoms with E-state index in [4.69, 9.17) is 0 Å². The van der Waals surface area contributed by atoms with Crippen molar-refractivity contribution in [2.45, 2.75) is 25.9 Å². The Morgan fingerprint density at radius 3 is 2.28 bits per heavy atom. The molecule has 0 bridgehead atoms. The van der Waals surface area contributed by atoms with Crippen molar-refractivity contribution in [2.24, 2.45) is 0 Å².